The molecule has 0 aliphatic rings. The number of aliphatic hydroxyl groups is 1. The minimum absolute atomic E-state index is 0.0200. The highest BCUT2D eigenvalue weighted by Gasteiger charge is 2.16. The van der Waals surface area contributed by atoms with Gasteiger partial charge in [0.15, 0.2) is 0 Å². The molecule has 1 aromatic rings. The van der Waals surface area contributed by atoms with Crippen LogP contribution >= 0.6 is 0 Å². The van der Waals surface area contributed by atoms with Crippen molar-refractivity contribution in [3.63, 3.8) is 0 Å². The molecule has 0 bridgehead atoms. The van der Waals surface area contributed by atoms with E-state index in [1.807, 2.05) is 6.92 Å². The van der Waals surface area contributed by atoms with Gasteiger partial charge in [-0.3, -0.25) is 9.78 Å². The maximum atomic E-state index is 11.1. The molecule has 4 heteroatoms. The number of carbonyl (C=O) groups is 1. The van der Waals surface area contributed by atoms with Crippen molar-refractivity contribution in [3.8, 4) is 0 Å². The number of amides is 1. The zero-order valence-corrected chi connectivity index (χ0v) is 8.10. The van der Waals surface area contributed by atoms with Gasteiger partial charge >= 0.3 is 0 Å². The Morgan fingerprint density at radius 3 is 2.93 bits per heavy atom. The molecule has 0 unspecified atom stereocenters. The number of rotatable bonds is 4. The number of primary amides is 1. The Labute approximate surface area is 82.8 Å². The van der Waals surface area contributed by atoms with Gasteiger partial charge in [0.05, 0.1) is 17.9 Å². The molecule has 0 fully saturated rings. The summed E-state index contributed by atoms with van der Waals surface area (Å²) in [6, 6.07) is 3.29. The van der Waals surface area contributed by atoms with E-state index in [9.17, 15) is 4.79 Å². The Balaban J connectivity index is 3.11. The predicted octanol–water partition coefficient (Wildman–Crippen LogP) is 0.666. The van der Waals surface area contributed by atoms with Crippen LogP contribution in [0.5, 0.6) is 0 Å². The van der Waals surface area contributed by atoms with Crippen molar-refractivity contribution in [2.24, 2.45) is 5.73 Å². The van der Waals surface area contributed by atoms with Gasteiger partial charge in [-0.1, -0.05) is 6.92 Å². The van der Waals surface area contributed by atoms with E-state index < -0.39 is 5.91 Å². The van der Waals surface area contributed by atoms with Crippen molar-refractivity contribution >= 4 is 5.91 Å². The first-order valence-corrected chi connectivity index (χ1v) is 4.56. The third-order valence-corrected chi connectivity index (χ3v) is 2.20. The molecule has 0 aromatic carbocycles. The lowest BCUT2D eigenvalue weighted by Gasteiger charge is -2.13. The summed E-state index contributed by atoms with van der Waals surface area (Å²) in [6.45, 7) is 1.91. The average Bonchev–Trinajstić information content (AvgIpc) is 2.20. The largest absolute Gasteiger partial charge is 0.396 e. The van der Waals surface area contributed by atoms with Gasteiger partial charge in [-0.25, -0.2) is 0 Å². The van der Waals surface area contributed by atoms with Crippen molar-refractivity contribution in [1.82, 2.24) is 4.98 Å². The molecule has 0 aliphatic heterocycles. The molecule has 0 radical (unpaired) electrons. The minimum Gasteiger partial charge on any atom is -0.396 e. The number of nitrogens with zero attached hydrogens (tertiary/aromatic N) is 1. The van der Waals surface area contributed by atoms with Gasteiger partial charge in [0.25, 0.3) is 5.91 Å². The van der Waals surface area contributed by atoms with E-state index in [4.69, 9.17) is 10.8 Å². The fourth-order valence-electron chi connectivity index (χ4n) is 1.36. The van der Waals surface area contributed by atoms with Crippen molar-refractivity contribution in [1.29, 1.82) is 0 Å². The van der Waals surface area contributed by atoms with Crippen LogP contribution in [0.2, 0.25) is 0 Å². The molecule has 4 nitrogen and oxygen atoms in total. The molecule has 0 aliphatic carbocycles. The average molecular weight is 194 g/mol. The highest BCUT2D eigenvalue weighted by molar-refractivity contribution is 5.94. The van der Waals surface area contributed by atoms with Gasteiger partial charge < -0.3 is 10.8 Å². The number of carbonyl (C=O) groups excluding carboxylic acids is 1. The third-order valence-electron chi connectivity index (χ3n) is 2.20. The van der Waals surface area contributed by atoms with Crippen LogP contribution in [0.15, 0.2) is 18.3 Å². The van der Waals surface area contributed by atoms with Crippen molar-refractivity contribution in [2.75, 3.05) is 6.61 Å². The summed E-state index contributed by atoms with van der Waals surface area (Å²) >= 11 is 0. The summed E-state index contributed by atoms with van der Waals surface area (Å²) in [5, 5.41) is 9.09. The lowest BCUT2D eigenvalue weighted by atomic mass is 9.98. The lowest BCUT2D eigenvalue weighted by molar-refractivity contribution is 0.0998. The highest BCUT2D eigenvalue weighted by atomic mass is 16.3. The lowest BCUT2D eigenvalue weighted by Crippen LogP contribution is -2.17. The summed E-state index contributed by atoms with van der Waals surface area (Å²) in [6.07, 6.45) is 2.33. The summed E-state index contributed by atoms with van der Waals surface area (Å²) in [7, 11) is 0. The number of aliphatic hydroxyl groups excluding tert-OH is 1. The molecular formula is C10H14N2O2. The fourth-order valence-corrected chi connectivity index (χ4v) is 1.36. The fraction of sp³-hybridized carbons (Fsp3) is 0.400. The molecular weight excluding hydrogens is 180 g/mol. The Morgan fingerprint density at radius 1 is 1.71 bits per heavy atom. The summed E-state index contributed by atoms with van der Waals surface area (Å²) in [4.78, 5) is 15.1. The summed E-state index contributed by atoms with van der Waals surface area (Å²) in [5.41, 5.74) is 6.19. The van der Waals surface area contributed by atoms with E-state index in [2.05, 4.69) is 4.98 Å². The van der Waals surface area contributed by atoms with Gasteiger partial charge in [0.1, 0.15) is 0 Å². The van der Waals surface area contributed by atoms with Gasteiger partial charge in [-0.15, -0.1) is 0 Å². The topological polar surface area (TPSA) is 76.2 Å². The van der Waals surface area contributed by atoms with Crippen molar-refractivity contribution < 1.29 is 9.90 Å². The van der Waals surface area contributed by atoms with Crippen LogP contribution in [0.1, 0.15) is 35.3 Å². The Morgan fingerprint density at radius 2 is 2.43 bits per heavy atom. The van der Waals surface area contributed by atoms with Crippen LogP contribution in [0.3, 0.4) is 0 Å². The molecule has 1 heterocycles. The molecule has 14 heavy (non-hydrogen) atoms. The molecule has 1 aromatic heterocycles. The van der Waals surface area contributed by atoms with E-state index in [-0.39, 0.29) is 12.5 Å². The van der Waals surface area contributed by atoms with Crippen LogP contribution in [0.25, 0.3) is 0 Å². The van der Waals surface area contributed by atoms with Gasteiger partial charge in [-0.2, -0.15) is 0 Å². The zero-order chi connectivity index (χ0) is 10.6. The van der Waals surface area contributed by atoms with Crippen LogP contribution in [-0.4, -0.2) is 22.6 Å². The van der Waals surface area contributed by atoms with Crippen molar-refractivity contribution in [3.05, 3.63) is 29.6 Å². The molecule has 1 amide bonds. The number of aromatic nitrogens is 1. The summed E-state index contributed by atoms with van der Waals surface area (Å²) < 4.78 is 0. The standard InChI is InChI=1S/C10H14N2O2/c1-2-7(6-13)9-8(10(11)14)4-3-5-12-9/h3-5,7,13H,2,6H2,1H3,(H2,11,14)/t7-/m1/s1. The van der Waals surface area contributed by atoms with Crippen LogP contribution in [-0.2, 0) is 0 Å². The summed E-state index contributed by atoms with van der Waals surface area (Å²) in [5.74, 6) is -0.612. The first-order chi connectivity index (χ1) is 6.70. The van der Waals surface area contributed by atoms with Gasteiger partial charge in [-0.05, 0) is 18.6 Å². The monoisotopic (exact) mass is 194 g/mol. The highest BCUT2D eigenvalue weighted by Crippen LogP contribution is 2.19. The van der Waals surface area contributed by atoms with Crippen LogP contribution < -0.4 is 5.73 Å². The molecule has 0 spiro atoms. The Hall–Kier alpha value is -1.42. The SMILES string of the molecule is CC[C@H](CO)c1ncccc1C(N)=O. The molecule has 76 valence electrons. The Bertz CT molecular complexity index is 322. The predicted molar refractivity (Wildman–Crippen MR) is 52.9 cm³/mol. The van der Waals surface area contributed by atoms with E-state index in [1.54, 1.807) is 18.3 Å². The molecule has 0 saturated heterocycles. The van der Waals surface area contributed by atoms with Gasteiger partial charge in [0.2, 0.25) is 0 Å². The third kappa shape index (κ3) is 2.09. The molecule has 1 rings (SSSR count). The van der Waals surface area contributed by atoms with E-state index in [0.717, 1.165) is 6.42 Å². The number of hydrogen-bond donors (Lipinski definition) is 2. The van der Waals surface area contributed by atoms with E-state index in [0.29, 0.717) is 11.3 Å². The molecule has 1 atom stereocenters. The maximum absolute atomic E-state index is 11.1. The number of hydrogen-bond acceptors (Lipinski definition) is 3. The molecule has 3 N–H and O–H groups in total. The smallest absolute Gasteiger partial charge is 0.250 e. The molecule has 0 saturated carbocycles. The van der Waals surface area contributed by atoms with Gasteiger partial charge in [0, 0.05) is 12.1 Å². The second-order valence-corrected chi connectivity index (χ2v) is 3.09. The number of pyridine rings is 1. The normalized spacial score (nSPS) is 12.4. The Kier molecular flexibility index (Phi) is 3.59. The van der Waals surface area contributed by atoms with Crippen LogP contribution in [0, 0.1) is 0 Å². The van der Waals surface area contributed by atoms with E-state index in [1.165, 1.54) is 0 Å². The maximum Gasteiger partial charge on any atom is 0.250 e. The minimum atomic E-state index is -0.500. The van der Waals surface area contributed by atoms with Crippen LogP contribution in [0.4, 0.5) is 0 Å². The zero-order valence-electron chi connectivity index (χ0n) is 8.10. The second-order valence-electron chi connectivity index (χ2n) is 3.09. The second kappa shape index (κ2) is 4.72. The first kappa shape index (κ1) is 10.7. The quantitative estimate of drug-likeness (QED) is 0.739. The first-order valence-electron chi connectivity index (χ1n) is 4.56. The number of nitrogens with two attached hydrogens (primary N) is 1. The van der Waals surface area contributed by atoms with Crippen molar-refractivity contribution in [2.45, 2.75) is 19.3 Å². The van der Waals surface area contributed by atoms with E-state index >= 15 is 0 Å².